The Balaban J connectivity index is 1.42. The van der Waals surface area contributed by atoms with E-state index in [1.807, 2.05) is 48.7 Å². The van der Waals surface area contributed by atoms with Crippen molar-refractivity contribution in [2.45, 2.75) is 6.54 Å². The molecule has 27 heavy (non-hydrogen) atoms. The van der Waals surface area contributed by atoms with Crippen molar-refractivity contribution < 1.29 is 14.3 Å². The fourth-order valence-corrected chi connectivity index (χ4v) is 3.38. The van der Waals surface area contributed by atoms with Crippen LogP contribution in [0, 0.1) is 5.92 Å². The van der Waals surface area contributed by atoms with Crippen molar-refractivity contribution in [2.75, 3.05) is 13.7 Å². The molecule has 2 aromatic rings. The molecule has 6 heteroatoms. The van der Waals surface area contributed by atoms with Crippen molar-refractivity contribution in [3.63, 3.8) is 0 Å². The zero-order valence-corrected chi connectivity index (χ0v) is 14.9. The maximum Gasteiger partial charge on any atom is 0.270 e. The number of amides is 2. The molecule has 136 valence electrons. The molecule has 1 unspecified atom stereocenters. The monoisotopic (exact) mass is 361 g/mol. The number of fused-ring (bicyclic) bond motifs is 2. The number of nitrogens with zero attached hydrogens (tertiary/aromatic N) is 2. The number of benzene rings is 1. The summed E-state index contributed by atoms with van der Waals surface area (Å²) in [6, 6.07) is 7.91. The Kier molecular flexibility index (Phi) is 4.46. The summed E-state index contributed by atoms with van der Waals surface area (Å²) in [5, 5.41) is 4.00. The van der Waals surface area contributed by atoms with Gasteiger partial charge in [0.1, 0.15) is 5.75 Å². The molecule has 6 nitrogen and oxygen atoms in total. The van der Waals surface area contributed by atoms with Gasteiger partial charge in [-0.3, -0.25) is 9.59 Å². The number of aromatic nitrogens is 1. The third kappa shape index (κ3) is 3.33. The van der Waals surface area contributed by atoms with E-state index in [0.29, 0.717) is 24.4 Å². The molecular weight excluding hydrogens is 342 g/mol. The molecule has 2 aliphatic rings. The van der Waals surface area contributed by atoms with E-state index in [9.17, 15) is 9.59 Å². The first kappa shape index (κ1) is 17.0. The summed E-state index contributed by atoms with van der Waals surface area (Å²) >= 11 is 0. The van der Waals surface area contributed by atoms with E-state index in [1.165, 1.54) is 6.08 Å². The highest BCUT2D eigenvalue weighted by Crippen LogP contribution is 2.24. The molecule has 0 bridgehead atoms. The number of hydrogen-bond acceptors (Lipinski definition) is 3. The fraction of sp³-hybridized carbons (Fsp3) is 0.190. The van der Waals surface area contributed by atoms with Crippen molar-refractivity contribution in [1.82, 2.24) is 9.88 Å². The molecule has 0 spiro atoms. The van der Waals surface area contributed by atoms with E-state index >= 15 is 0 Å². The highest BCUT2D eigenvalue weighted by Gasteiger charge is 2.28. The average Bonchev–Trinajstić information content (AvgIpc) is 3.09. The molecule has 0 saturated carbocycles. The molecule has 0 saturated heterocycles. The van der Waals surface area contributed by atoms with Crippen LogP contribution in [0.25, 0.3) is 10.9 Å². The number of aliphatic imine (C=N–C) groups is 1. The minimum absolute atomic E-state index is 0.237. The van der Waals surface area contributed by atoms with Gasteiger partial charge in [0.15, 0.2) is 0 Å². The van der Waals surface area contributed by atoms with Crippen molar-refractivity contribution in [2.24, 2.45) is 10.9 Å². The second-order valence-electron chi connectivity index (χ2n) is 6.39. The Morgan fingerprint density at radius 1 is 1.30 bits per heavy atom. The van der Waals surface area contributed by atoms with Crippen LogP contribution in [0.15, 0.2) is 71.4 Å². The SMILES string of the molecule is COc1ccc2c(ccn2CCNC(=O)C2=CC(=O)N=C3C=CC=CC23)c1. The normalized spacial score (nSPS) is 18.1. The van der Waals surface area contributed by atoms with Gasteiger partial charge in [-0.25, -0.2) is 4.99 Å². The third-order valence-corrected chi connectivity index (χ3v) is 4.73. The van der Waals surface area contributed by atoms with E-state index < -0.39 is 5.91 Å². The summed E-state index contributed by atoms with van der Waals surface area (Å²) in [6.45, 7) is 1.09. The molecule has 2 heterocycles. The number of allylic oxidation sites excluding steroid dienone is 4. The van der Waals surface area contributed by atoms with Gasteiger partial charge in [0.2, 0.25) is 5.91 Å². The predicted octanol–water partition coefficient (Wildman–Crippen LogP) is 2.42. The van der Waals surface area contributed by atoms with Crippen molar-refractivity contribution in [3.05, 3.63) is 66.4 Å². The maximum atomic E-state index is 12.6. The van der Waals surface area contributed by atoms with Crippen LogP contribution in [-0.4, -0.2) is 35.7 Å². The van der Waals surface area contributed by atoms with E-state index in [-0.39, 0.29) is 11.8 Å². The minimum atomic E-state index is -0.392. The largest absolute Gasteiger partial charge is 0.497 e. The lowest BCUT2D eigenvalue weighted by Gasteiger charge is -2.21. The summed E-state index contributed by atoms with van der Waals surface area (Å²) in [5.41, 5.74) is 2.13. The molecule has 1 N–H and O–H groups in total. The highest BCUT2D eigenvalue weighted by molar-refractivity contribution is 6.18. The maximum absolute atomic E-state index is 12.6. The Morgan fingerprint density at radius 2 is 2.19 bits per heavy atom. The summed E-state index contributed by atoms with van der Waals surface area (Å²) in [4.78, 5) is 28.4. The number of rotatable bonds is 5. The number of dihydropyridines is 1. The summed E-state index contributed by atoms with van der Waals surface area (Å²) in [5.74, 6) is -0.0717. The minimum Gasteiger partial charge on any atom is -0.497 e. The van der Waals surface area contributed by atoms with Crippen LogP contribution in [0.1, 0.15) is 0 Å². The van der Waals surface area contributed by atoms with Gasteiger partial charge in [0, 0.05) is 41.8 Å². The fourth-order valence-electron chi connectivity index (χ4n) is 3.38. The smallest absolute Gasteiger partial charge is 0.270 e. The Hall–Kier alpha value is -3.41. The summed E-state index contributed by atoms with van der Waals surface area (Å²) in [6.07, 6.45) is 10.6. The second-order valence-corrected chi connectivity index (χ2v) is 6.39. The first-order valence-electron chi connectivity index (χ1n) is 8.76. The molecule has 1 aromatic heterocycles. The van der Waals surface area contributed by atoms with Gasteiger partial charge in [-0.2, -0.15) is 0 Å². The molecule has 0 fully saturated rings. The van der Waals surface area contributed by atoms with Crippen LogP contribution in [0.3, 0.4) is 0 Å². The van der Waals surface area contributed by atoms with E-state index in [0.717, 1.165) is 16.7 Å². The van der Waals surface area contributed by atoms with Gasteiger partial charge in [-0.15, -0.1) is 0 Å². The van der Waals surface area contributed by atoms with Crippen LogP contribution in [0.4, 0.5) is 0 Å². The number of hydrogen-bond donors (Lipinski definition) is 1. The number of methoxy groups -OCH3 is 1. The molecular formula is C21H19N3O3. The zero-order chi connectivity index (χ0) is 18.8. The molecule has 2 amide bonds. The van der Waals surface area contributed by atoms with Crippen LogP contribution in [-0.2, 0) is 16.1 Å². The number of carbonyl (C=O) groups excluding carboxylic acids is 2. The molecule has 1 atom stereocenters. The molecule has 0 radical (unpaired) electrons. The predicted molar refractivity (Wildman–Crippen MR) is 104 cm³/mol. The summed E-state index contributed by atoms with van der Waals surface area (Å²) in [7, 11) is 1.64. The van der Waals surface area contributed by atoms with Crippen molar-refractivity contribution in [1.29, 1.82) is 0 Å². The lowest BCUT2D eigenvalue weighted by Crippen LogP contribution is -2.34. The van der Waals surface area contributed by atoms with Crippen LogP contribution >= 0.6 is 0 Å². The first-order valence-corrected chi connectivity index (χ1v) is 8.76. The Morgan fingerprint density at radius 3 is 3.04 bits per heavy atom. The van der Waals surface area contributed by atoms with Crippen LogP contribution in [0.5, 0.6) is 5.75 Å². The lowest BCUT2D eigenvalue weighted by molar-refractivity contribution is -0.119. The topological polar surface area (TPSA) is 72.7 Å². The van der Waals surface area contributed by atoms with Gasteiger partial charge >= 0.3 is 0 Å². The first-order chi connectivity index (χ1) is 13.2. The second kappa shape index (κ2) is 7.07. The molecule has 1 aromatic carbocycles. The van der Waals surface area contributed by atoms with Gasteiger partial charge in [0.05, 0.1) is 18.7 Å². The number of nitrogens with one attached hydrogen (secondary N) is 1. The Bertz CT molecular complexity index is 1040. The molecule has 1 aliphatic carbocycles. The van der Waals surface area contributed by atoms with Gasteiger partial charge < -0.3 is 14.6 Å². The standard InChI is InChI=1S/C21H19N3O3/c1-27-15-6-7-19-14(12-15)8-10-24(19)11-9-22-21(26)17-13-20(25)23-18-5-3-2-4-16(17)18/h2-8,10,12-13,16H,9,11H2,1H3,(H,22,26). The summed E-state index contributed by atoms with van der Waals surface area (Å²) < 4.78 is 7.32. The molecule has 4 rings (SSSR count). The lowest BCUT2D eigenvalue weighted by atomic mass is 9.87. The number of ether oxygens (including phenoxy) is 1. The van der Waals surface area contributed by atoms with Gasteiger partial charge in [-0.05, 0) is 30.3 Å². The quantitative estimate of drug-likeness (QED) is 0.889. The number of carbonyl (C=O) groups is 2. The average molecular weight is 361 g/mol. The third-order valence-electron chi connectivity index (χ3n) is 4.73. The Labute approximate surface area is 156 Å². The van der Waals surface area contributed by atoms with E-state index in [4.69, 9.17) is 4.74 Å². The van der Waals surface area contributed by atoms with Crippen LogP contribution < -0.4 is 10.1 Å². The molecule has 1 aliphatic heterocycles. The van der Waals surface area contributed by atoms with E-state index in [2.05, 4.69) is 14.9 Å². The van der Waals surface area contributed by atoms with Gasteiger partial charge in [-0.1, -0.05) is 18.2 Å². The van der Waals surface area contributed by atoms with Crippen LogP contribution in [0.2, 0.25) is 0 Å². The van der Waals surface area contributed by atoms with Crippen molar-refractivity contribution >= 4 is 28.4 Å². The zero-order valence-electron chi connectivity index (χ0n) is 14.9. The highest BCUT2D eigenvalue weighted by atomic mass is 16.5. The van der Waals surface area contributed by atoms with Gasteiger partial charge in [0.25, 0.3) is 5.91 Å². The van der Waals surface area contributed by atoms with Crippen molar-refractivity contribution in [3.8, 4) is 5.75 Å². The van der Waals surface area contributed by atoms with E-state index in [1.54, 1.807) is 13.2 Å².